The van der Waals surface area contributed by atoms with Crippen LogP contribution in [0.15, 0.2) is 84.5 Å². The lowest BCUT2D eigenvalue weighted by Gasteiger charge is -2.60. The number of allylic oxidation sites excluding steroid dienone is 3. The summed E-state index contributed by atoms with van der Waals surface area (Å²) in [6.07, 6.45) is 17.7. The number of hydrogen-bond acceptors (Lipinski definition) is 12. The maximum atomic E-state index is 14.2. The van der Waals surface area contributed by atoms with E-state index in [-0.39, 0.29) is 77.5 Å². The Labute approximate surface area is 476 Å². The number of esters is 4. The number of aliphatic hydroxyl groups excluding tert-OH is 2. The molecule has 2 spiro atoms. The number of ether oxygens (including phenoxy) is 6. The van der Waals surface area contributed by atoms with Crippen molar-refractivity contribution in [3.05, 3.63) is 129 Å². The number of likely N-dealkylation sites (tertiary alicyclic amines) is 2. The third-order valence-corrected chi connectivity index (χ3v) is 21.7. The highest BCUT2D eigenvalue weighted by Crippen LogP contribution is 2.65. The van der Waals surface area contributed by atoms with Crippen LogP contribution >= 0.6 is 0 Å². The number of rotatable bonds is 18. The van der Waals surface area contributed by atoms with E-state index in [2.05, 4.69) is 64.9 Å². The molecular formula is C67H82N2O12+2. The molecule has 0 saturated carbocycles. The van der Waals surface area contributed by atoms with Gasteiger partial charge in [-0.25, -0.2) is 0 Å². The van der Waals surface area contributed by atoms with Crippen LogP contribution in [0, 0.1) is 29.6 Å². The number of piperidine rings is 2. The number of benzene rings is 3. The van der Waals surface area contributed by atoms with Gasteiger partial charge in [-0.2, -0.15) is 0 Å². The second kappa shape index (κ2) is 21.0. The molecular weight excluding hydrogens is 1020 g/mol. The number of aryl methyl sites for hydroxylation is 1. The Hall–Kier alpha value is -6.06. The highest BCUT2D eigenvalue weighted by Gasteiger charge is 2.68. The molecule has 2 heterocycles. The molecule has 14 atom stereocenters. The first kappa shape index (κ1) is 55.5. The topological polar surface area (TPSA) is 164 Å². The SMILES string of the molecule is C=C(C)C1CCC(C)=CC1c1c(OC(=O)CC(=O)OC[N+]2(C)CC[C@]34c5c6ccc(OC)c5C[C@H]3[C@@H](O)C=C[C@H]4[C@H]2C6)cc(CCCCC)cc1OC(=O)CC(=O)OC[N+]1(C)CC[C@]23c4c5ccc(OC)c4C[C@H]2[C@@H](O)C=C[C@H]3[C@H]1C5. The summed E-state index contributed by atoms with van der Waals surface area (Å²) in [5.74, 6) is -1.00. The largest absolute Gasteiger partial charge is 0.496 e. The maximum Gasteiger partial charge on any atom is 0.322 e. The normalized spacial score (nSPS) is 33.8. The van der Waals surface area contributed by atoms with E-state index in [0.717, 1.165) is 112 Å². The summed E-state index contributed by atoms with van der Waals surface area (Å²) in [7, 11) is 7.69. The molecule has 0 amide bonds. The summed E-state index contributed by atoms with van der Waals surface area (Å²) in [5, 5.41) is 22.8. The lowest BCUT2D eigenvalue weighted by atomic mass is 9.51. The molecule has 12 rings (SSSR count). The first-order valence-corrected chi connectivity index (χ1v) is 29.9. The first-order valence-electron chi connectivity index (χ1n) is 29.9. The van der Waals surface area contributed by atoms with E-state index in [4.69, 9.17) is 28.4 Å². The van der Waals surface area contributed by atoms with E-state index in [0.29, 0.717) is 21.0 Å². The van der Waals surface area contributed by atoms with Gasteiger partial charge >= 0.3 is 23.9 Å². The summed E-state index contributed by atoms with van der Waals surface area (Å²) in [6, 6.07) is 12.3. The lowest BCUT2D eigenvalue weighted by Crippen LogP contribution is -2.70. The molecule has 2 N–H and O–H groups in total. The number of nitrogens with zero attached hydrogens (tertiary/aromatic N) is 2. The van der Waals surface area contributed by atoms with E-state index in [9.17, 15) is 29.4 Å². The predicted octanol–water partition coefficient (Wildman–Crippen LogP) is 8.91. The summed E-state index contributed by atoms with van der Waals surface area (Å²) in [6.45, 7) is 12.1. The van der Waals surface area contributed by atoms with Gasteiger partial charge in [-0.1, -0.05) is 80.0 Å². The maximum absolute atomic E-state index is 14.2. The monoisotopic (exact) mass is 1110 g/mol. The smallest absolute Gasteiger partial charge is 0.322 e. The molecule has 2 aliphatic heterocycles. The van der Waals surface area contributed by atoms with E-state index in [1.165, 1.54) is 33.4 Å². The van der Waals surface area contributed by atoms with Gasteiger partial charge in [0, 0.05) is 71.7 Å². The van der Waals surface area contributed by atoms with Crippen molar-refractivity contribution in [2.45, 2.75) is 152 Å². The van der Waals surface area contributed by atoms with E-state index in [1.807, 2.05) is 43.3 Å². The predicted molar refractivity (Wildman–Crippen MR) is 303 cm³/mol. The van der Waals surface area contributed by atoms with Crippen molar-refractivity contribution >= 4 is 23.9 Å². The summed E-state index contributed by atoms with van der Waals surface area (Å²) < 4.78 is 37.4. The second-order valence-corrected chi connectivity index (χ2v) is 26.1. The van der Waals surface area contributed by atoms with Crippen molar-refractivity contribution in [2.75, 3.05) is 54.9 Å². The standard InChI is InChI=1S/C67H82N2O12/c1-9-10-11-12-40-28-57(80-61(74)34-59(72)78-36-68(5)25-23-66-47-17-19-53(70)49(66)32-45-55(76-7)21-14-41(64(45)66)30-51(47)68)63(44-27-39(4)13-16-43(44)38(2)3)58(29-40)81-62(75)35-60(73)79-37-69(6)26-24-67-48-18-20-54(71)50(67)33-46-56(77-8)22-15-42(65(46)67)31-52(48)69/h14-15,17-22,27-29,43-44,47-54,70-71H,2,9-13,16,23-26,30-37H2,1,3-8H3/q+2/t43?,44?,47-,48-,49-,50-,51+,52+,53-,54-,66+,67+,68?,69?/m0/s1. The molecule has 3 aromatic rings. The van der Waals surface area contributed by atoms with Crippen LogP contribution in [0.25, 0.3) is 0 Å². The zero-order valence-electron chi connectivity index (χ0n) is 48.4. The third kappa shape index (κ3) is 9.02. The van der Waals surface area contributed by atoms with Gasteiger partial charge in [0.25, 0.3) is 0 Å². The molecule has 4 unspecified atom stereocenters. The number of likely N-dealkylation sites (N-methyl/N-ethyl adjacent to an activating group) is 2. The van der Waals surface area contributed by atoms with Crippen LogP contribution in [-0.2, 0) is 71.6 Å². The average molecular weight is 1110 g/mol. The van der Waals surface area contributed by atoms with Crippen molar-refractivity contribution in [2.24, 2.45) is 29.6 Å². The van der Waals surface area contributed by atoms with Gasteiger partial charge in [0.1, 0.15) is 47.9 Å². The fourth-order valence-electron chi connectivity index (χ4n) is 17.8. The quantitative estimate of drug-likeness (QED) is 0.0311. The number of carbonyl (C=O) groups is 4. The zero-order valence-corrected chi connectivity index (χ0v) is 48.4. The van der Waals surface area contributed by atoms with Crippen LogP contribution < -0.4 is 18.9 Å². The van der Waals surface area contributed by atoms with Crippen LogP contribution in [0.5, 0.6) is 23.0 Å². The van der Waals surface area contributed by atoms with E-state index >= 15 is 0 Å². The molecule has 2 fully saturated rings. The molecule has 4 bridgehead atoms. The van der Waals surface area contributed by atoms with Gasteiger partial charge in [-0.05, 0) is 121 Å². The molecule has 9 aliphatic rings. The Morgan fingerprint density at radius 1 is 0.679 bits per heavy atom. The zero-order chi connectivity index (χ0) is 56.9. The molecule has 2 saturated heterocycles. The van der Waals surface area contributed by atoms with Gasteiger partial charge in [0.05, 0.1) is 53.6 Å². The Balaban J connectivity index is 0.763. The van der Waals surface area contributed by atoms with E-state index in [1.54, 1.807) is 14.2 Å². The highest BCUT2D eigenvalue weighted by atomic mass is 16.6. The van der Waals surface area contributed by atoms with E-state index < -0.39 is 54.8 Å². The molecule has 0 aromatic heterocycles. The summed E-state index contributed by atoms with van der Waals surface area (Å²) >= 11 is 0. The average Bonchev–Trinajstić information content (AvgIpc) is 3.58. The van der Waals surface area contributed by atoms with Crippen molar-refractivity contribution in [1.82, 2.24) is 0 Å². The van der Waals surface area contributed by atoms with Crippen LogP contribution in [0.3, 0.4) is 0 Å². The highest BCUT2D eigenvalue weighted by molar-refractivity contribution is 5.93. The first-order chi connectivity index (χ1) is 38.9. The minimum atomic E-state index is -0.798. The van der Waals surface area contributed by atoms with Crippen LogP contribution in [0.1, 0.15) is 129 Å². The van der Waals surface area contributed by atoms with Gasteiger partial charge in [-0.3, -0.25) is 28.1 Å². The summed E-state index contributed by atoms with van der Waals surface area (Å²) in [5.41, 5.74) is 10.5. The van der Waals surface area contributed by atoms with Crippen molar-refractivity contribution in [3.63, 3.8) is 0 Å². The van der Waals surface area contributed by atoms with Gasteiger partial charge < -0.3 is 38.6 Å². The van der Waals surface area contributed by atoms with Crippen LogP contribution in [-0.4, -0.2) is 122 Å². The lowest BCUT2D eigenvalue weighted by molar-refractivity contribution is -0.958. The Kier molecular flexibility index (Phi) is 14.4. The fraction of sp³-hybridized carbons (Fsp3) is 0.552. The van der Waals surface area contributed by atoms with Gasteiger partial charge in [0.2, 0.25) is 13.5 Å². The molecule has 7 aliphatic carbocycles. The van der Waals surface area contributed by atoms with Crippen LogP contribution in [0.4, 0.5) is 0 Å². The molecule has 430 valence electrons. The number of carbonyl (C=O) groups excluding carboxylic acids is 4. The van der Waals surface area contributed by atoms with Crippen LogP contribution in [0.2, 0.25) is 0 Å². The van der Waals surface area contributed by atoms with Crippen molar-refractivity contribution in [1.29, 1.82) is 0 Å². The number of hydrogen-bond donors (Lipinski definition) is 2. The van der Waals surface area contributed by atoms with Crippen molar-refractivity contribution in [3.8, 4) is 23.0 Å². The number of aliphatic hydroxyl groups is 2. The summed E-state index contributed by atoms with van der Waals surface area (Å²) in [4.78, 5) is 56.3. The fourth-order valence-corrected chi connectivity index (χ4v) is 17.8. The third-order valence-electron chi connectivity index (χ3n) is 21.7. The second-order valence-electron chi connectivity index (χ2n) is 26.1. The van der Waals surface area contributed by atoms with Crippen molar-refractivity contribution < 1.29 is 66.8 Å². The molecule has 0 radical (unpaired) electrons. The van der Waals surface area contributed by atoms with Gasteiger partial charge in [0.15, 0.2) is 0 Å². The molecule has 81 heavy (non-hydrogen) atoms. The number of quaternary nitrogens is 2. The minimum absolute atomic E-state index is 0.0396. The Morgan fingerprint density at radius 2 is 1.17 bits per heavy atom. The molecule has 14 nitrogen and oxygen atoms in total. The molecule has 14 heteroatoms. The number of unbranched alkanes of at least 4 members (excludes halogenated alkanes) is 2. The Morgan fingerprint density at radius 3 is 1.63 bits per heavy atom. The Bertz CT molecular complexity index is 3020. The van der Waals surface area contributed by atoms with Gasteiger partial charge in [-0.15, -0.1) is 0 Å². The minimum Gasteiger partial charge on any atom is -0.496 e. The molecule has 3 aromatic carbocycles. The number of methoxy groups -OCH3 is 2.